The van der Waals surface area contributed by atoms with Crippen molar-refractivity contribution in [3.63, 3.8) is 0 Å². The molecule has 0 aromatic heterocycles. The Bertz CT molecular complexity index is 359. The molecule has 0 saturated heterocycles. The summed E-state index contributed by atoms with van der Waals surface area (Å²) in [4.78, 5) is 0. The number of nitrogen functional groups attached to an aromatic ring is 1. The minimum atomic E-state index is -0.0581. The van der Waals surface area contributed by atoms with Gasteiger partial charge in [-0.25, -0.2) is 0 Å². The van der Waals surface area contributed by atoms with Gasteiger partial charge in [-0.15, -0.1) is 0 Å². The van der Waals surface area contributed by atoms with Crippen LogP contribution in [0.1, 0.15) is 30.0 Å². The molecule has 5 N–H and O–H groups in total. The van der Waals surface area contributed by atoms with E-state index >= 15 is 0 Å². The first kappa shape index (κ1) is 9.34. The molecule has 0 amide bonds. The summed E-state index contributed by atoms with van der Waals surface area (Å²) in [6.45, 7) is 1.96. The summed E-state index contributed by atoms with van der Waals surface area (Å²) in [6, 6.07) is 3.63. The summed E-state index contributed by atoms with van der Waals surface area (Å²) in [6.07, 6.45) is 2.32. The summed E-state index contributed by atoms with van der Waals surface area (Å²) < 4.78 is 0. The molecular weight excluding hydrogens is 176 g/mol. The summed E-state index contributed by atoms with van der Waals surface area (Å²) in [5.74, 6) is 0.692. The van der Waals surface area contributed by atoms with Gasteiger partial charge in [0, 0.05) is 11.6 Å². The molecule has 1 aromatic carbocycles. The molecule has 0 unspecified atom stereocenters. The highest BCUT2D eigenvalue weighted by Crippen LogP contribution is 2.43. The Hall–Kier alpha value is -1.22. The fraction of sp³-hybridized carbons (Fsp3) is 0.455. The van der Waals surface area contributed by atoms with E-state index in [0.717, 1.165) is 24.0 Å². The first-order chi connectivity index (χ1) is 6.59. The molecule has 76 valence electrons. The van der Waals surface area contributed by atoms with Crippen LogP contribution < -0.4 is 11.5 Å². The molecule has 1 aliphatic rings. The Kier molecular flexibility index (Phi) is 2.11. The second kappa shape index (κ2) is 3.17. The van der Waals surface area contributed by atoms with Crippen LogP contribution in [-0.4, -0.2) is 5.11 Å². The summed E-state index contributed by atoms with van der Waals surface area (Å²) in [5, 5.41) is 9.76. The topological polar surface area (TPSA) is 72.3 Å². The van der Waals surface area contributed by atoms with Crippen molar-refractivity contribution in [3.8, 4) is 5.75 Å². The lowest BCUT2D eigenvalue weighted by atomic mass is 9.99. The minimum Gasteiger partial charge on any atom is -0.505 e. The maximum atomic E-state index is 9.76. The number of hydrogen-bond donors (Lipinski definition) is 3. The van der Waals surface area contributed by atoms with Crippen LogP contribution >= 0.6 is 0 Å². The molecular formula is C11H16N2O. The van der Waals surface area contributed by atoms with Crippen molar-refractivity contribution in [1.29, 1.82) is 0 Å². The lowest BCUT2D eigenvalue weighted by Crippen LogP contribution is -2.13. The van der Waals surface area contributed by atoms with E-state index in [1.54, 1.807) is 6.07 Å². The van der Waals surface area contributed by atoms with Crippen molar-refractivity contribution in [2.45, 2.75) is 25.8 Å². The number of aromatic hydroxyl groups is 1. The Morgan fingerprint density at radius 1 is 1.43 bits per heavy atom. The van der Waals surface area contributed by atoms with E-state index in [1.807, 2.05) is 13.0 Å². The number of phenols is 1. The van der Waals surface area contributed by atoms with E-state index < -0.39 is 0 Å². The van der Waals surface area contributed by atoms with E-state index in [1.165, 1.54) is 0 Å². The lowest BCUT2D eigenvalue weighted by molar-refractivity contribution is 0.458. The molecule has 14 heavy (non-hydrogen) atoms. The predicted molar refractivity (Wildman–Crippen MR) is 56.9 cm³/mol. The molecule has 0 aliphatic heterocycles. The van der Waals surface area contributed by atoms with Crippen LogP contribution in [0.15, 0.2) is 12.1 Å². The van der Waals surface area contributed by atoms with Crippen LogP contribution in [0.4, 0.5) is 5.69 Å². The van der Waals surface area contributed by atoms with E-state index in [-0.39, 0.29) is 11.8 Å². The number of phenolic OH excluding ortho intramolecular Hbond substituents is 1. The molecule has 0 spiro atoms. The van der Waals surface area contributed by atoms with Crippen molar-refractivity contribution in [3.05, 3.63) is 23.3 Å². The highest BCUT2D eigenvalue weighted by Gasteiger charge is 2.31. The third-order valence-corrected chi connectivity index (χ3v) is 2.80. The molecule has 3 heteroatoms. The number of hydrogen-bond acceptors (Lipinski definition) is 3. The normalized spacial score (nSPS) is 18.1. The fourth-order valence-corrected chi connectivity index (χ4v) is 1.80. The van der Waals surface area contributed by atoms with E-state index in [0.29, 0.717) is 11.6 Å². The Labute approximate surface area is 83.7 Å². The molecule has 1 saturated carbocycles. The van der Waals surface area contributed by atoms with Gasteiger partial charge in [0.15, 0.2) is 0 Å². The zero-order chi connectivity index (χ0) is 10.3. The Morgan fingerprint density at radius 3 is 2.64 bits per heavy atom. The predicted octanol–water partition coefficient (Wildman–Crippen LogP) is 1.69. The van der Waals surface area contributed by atoms with Gasteiger partial charge in [0.2, 0.25) is 0 Å². The number of rotatable bonds is 2. The maximum absolute atomic E-state index is 9.76. The molecule has 3 nitrogen and oxygen atoms in total. The number of aryl methyl sites for hydroxylation is 1. The van der Waals surface area contributed by atoms with Crippen LogP contribution in [-0.2, 0) is 0 Å². The van der Waals surface area contributed by atoms with Crippen LogP contribution in [0, 0.1) is 12.8 Å². The van der Waals surface area contributed by atoms with E-state index in [4.69, 9.17) is 11.5 Å². The largest absolute Gasteiger partial charge is 0.505 e. The summed E-state index contributed by atoms with van der Waals surface area (Å²) in [7, 11) is 0. The van der Waals surface area contributed by atoms with Crippen LogP contribution in [0.5, 0.6) is 5.75 Å². The summed E-state index contributed by atoms with van der Waals surface area (Å²) in [5.41, 5.74) is 14.0. The molecule has 1 aromatic rings. The Morgan fingerprint density at radius 2 is 2.07 bits per heavy atom. The standard InChI is InChI=1S/C11H16N2O/c1-6-4-8(10(13)7-2-3-7)11(14)9(12)5-6/h4-5,7,10,14H,2-3,12-13H2,1H3/t10-/m1/s1. The average Bonchev–Trinajstić information content (AvgIpc) is 2.93. The van der Waals surface area contributed by atoms with Crippen molar-refractivity contribution >= 4 is 5.69 Å². The highest BCUT2D eigenvalue weighted by molar-refractivity contribution is 5.58. The van der Waals surface area contributed by atoms with Gasteiger partial charge in [-0.05, 0) is 37.3 Å². The third-order valence-electron chi connectivity index (χ3n) is 2.80. The SMILES string of the molecule is Cc1cc(N)c(O)c([C@H](N)C2CC2)c1. The van der Waals surface area contributed by atoms with Gasteiger partial charge in [0.05, 0.1) is 5.69 Å². The van der Waals surface area contributed by atoms with E-state index in [9.17, 15) is 5.11 Å². The number of nitrogens with two attached hydrogens (primary N) is 2. The van der Waals surface area contributed by atoms with Gasteiger partial charge >= 0.3 is 0 Å². The molecule has 0 bridgehead atoms. The second-order valence-electron chi connectivity index (χ2n) is 4.16. The van der Waals surface area contributed by atoms with Gasteiger partial charge in [-0.1, -0.05) is 6.07 Å². The number of anilines is 1. The third kappa shape index (κ3) is 1.55. The molecule has 0 radical (unpaired) electrons. The molecule has 1 fully saturated rings. The molecule has 0 heterocycles. The summed E-state index contributed by atoms with van der Waals surface area (Å²) >= 11 is 0. The van der Waals surface area contributed by atoms with E-state index in [2.05, 4.69) is 0 Å². The quantitative estimate of drug-likeness (QED) is 0.493. The zero-order valence-electron chi connectivity index (χ0n) is 8.33. The minimum absolute atomic E-state index is 0.0581. The first-order valence-electron chi connectivity index (χ1n) is 4.94. The van der Waals surface area contributed by atoms with Gasteiger partial charge < -0.3 is 16.6 Å². The highest BCUT2D eigenvalue weighted by atomic mass is 16.3. The number of benzene rings is 1. The Balaban J connectivity index is 2.39. The lowest BCUT2D eigenvalue weighted by Gasteiger charge is -2.14. The van der Waals surface area contributed by atoms with Gasteiger partial charge in [-0.2, -0.15) is 0 Å². The van der Waals surface area contributed by atoms with Crippen molar-refractivity contribution in [1.82, 2.24) is 0 Å². The van der Waals surface area contributed by atoms with Gasteiger partial charge in [-0.3, -0.25) is 0 Å². The van der Waals surface area contributed by atoms with Crippen molar-refractivity contribution in [2.24, 2.45) is 11.7 Å². The van der Waals surface area contributed by atoms with Crippen molar-refractivity contribution in [2.75, 3.05) is 5.73 Å². The smallest absolute Gasteiger partial charge is 0.143 e. The van der Waals surface area contributed by atoms with Crippen LogP contribution in [0.25, 0.3) is 0 Å². The second-order valence-corrected chi connectivity index (χ2v) is 4.16. The molecule has 2 rings (SSSR count). The maximum Gasteiger partial charge on any atom is 0.143 e. The van der Waals surface area contributed by atoms with Gasteiger partial charge in [0.1, 0.15) is 5.75 Å². The van der Waals surface area contributed by atoms with Crippen LogP contribution in [0.3, 0.4) is 0 Å². The average molecular weight is 192 g/mol. The monoisotopic (exact) mass is 192 g/mol. The molecule has 1 aliphatic carbocycles. The first-order valence-corrected chi connectivity index (χ1v) is 4.94. The van der Waals surface area contributed by atoms with Gasteiger partial charge in [0.25, 0.3) is 0 Å². The van der Waals surface area contributed by atoms with Crippen molar-refractivity contribution < 1.29 is 5.11 Å². The molecule has 1 atom stereocenters. The van der Waals surface area contributed by atoms with Crippen LogP contribution in [0.2, 0.25) is 0 Å². The zero-order valence-corrected chi connectivity index (χ0v) is 8.33. The fourth-order valence-electron chi connectivity index (χ4n) is 1.80.